The summed E-state index contributed by atoms with van der Waals surface area (Å²) < 4.78 is 5.07. The summed E-state index contributed by atoms with van der Waals surface area (Å²) in [5.41, 5.74) is 1.08. The second kappa shape index (κ2) is 4.77. The third-order valence-electron chi connectivity index (χ3n) is 2.72. The molecule has 0 unspecified atom stereocenters. The van der Waals surface area contributed by atoms with E-state index in [4.69, 9.17) is 4.74 Å². The third kappa shape index (κ3) is 3.32. The van der Waals surface area contributed by atoms with Crippen molar-refractivity contribution in [2.24, 2.45) is 0 Å². The smallest absolute Gasteiger partial charge is 0.248 e. The van der Waals surface area contributed by atoms with E-state index in [0.29, 0.717) is 25.7 Å². The summed E-state index contributed by atoms with van der Waals surface area (Å²) in [4.78, 5) is 13.2. The van der Waals surface area contributed by atoms with Crippen molar-refractivity contribution in [1.29, 1.82) is 0 Å². The van der Waals surface area contributed by atoms with Gasteiger partial charge in [0.25, 0.3) is 0 Å². The Morgan fingerprint density at radius 1 is 1.60 bits per heavy atom. The van der Waals surface area contributed by atoms with Crippen molar-refractivity contribution in [2.45, 2.75) is 18.9 Å². The number of rotatable bonds is 5. The summed E-state index contributed by atoms with van der Waals surface area (Å²) >= 11 is 0. The van der Waals surface area contributed by atoms with Crippen LogP contribution in [0.25, 0.3) is 0 Å². The van der Waals surface area contributed by atoms with Gasteiger partial charge in [-0.2, -0.15) is 0 Å². The van der Waals surface area contributed by atoms with Gasteiger partial charge in [0, 0.05) is 25.7 Å². The van der Waals surface area contributed by atoms with Crippen LogP contribution >= 0.6 is 0 Å². The zero-order valence-corrected chi connectivity index (χ0v) is 9.00. The highest BCUT2D eigenvalue weighted by atomic mass is 16.5. The van der Waals surface area contributed by atoms with Crippen molar-refractivity contribution in [3.8, 4) is 0 Å². The molecular weight excluding hydrogens is 192 g/mol. The number of amides is 1. The van der Waals surface area contributed by atoms with Crippen LogP contribution in [0.3, 0.4) is 0 Å². The molecule has 1 saturated carbocycles. The number of carbonyl (C=O) groups excluding carboxylic acids is 1. The van der Waals surface area contributed by atoms with E-state index in [1.54, 1.807) is 0 Å². The van der Waals surface area contributed by atoms with E-state index < -0.39 is 0 Å². The Labute approximate surface area is 90.3 Å². The van der Waals surface area contributed by atoms with Crippen molar-refractivity contribution >= 4 is 5.91 Å². The fourth-order valence-electron chi connectivity index (χ4n) is 1.62. The molecule has 0 aromatic heterocycles. The summed E-state index contributed by atoms with van der Waals surface area (Å²) in [6.07, 6.45) is 2.56. The van der Waals surface area contributed by atoms with E-state index >= 15 is 0 Å². The predicted molar refractivity (Wildman–Crippen MR) is 57.6 cm³/mol. The first-order chi connectivity index (χ1) is 7.25. The lowest BCUT2D eigenvalue weighted by Gasteiger charge is -2.27. The highest BCUT2D eigenvalue weighted by Crippen LogP contribution is 2.18. The summed E-state index contributed by atoms with van der Waals surface area (Å²) in [6.45, 7) is 7.05. The highest BCUT2D eigenvalue weighted by Gasteiger charge is 2.22. The molecule has 0 spiro atoms. The average Bonchev–Trinajstić information content (AvgIpc) is 3.02. The van der Waals surface area contributed by atoms with Crippen LogP contribution in [-0.2, 0) is 9.53 Å². The molecule has 1 aliphatic heterocycles. The molecule has 1 heterocycles. The minimum Gasteiger partial charge on any atom is -0.370 e. The quantitative estimate of drug-likeness (QED) is 0.657. The van der Waals surface area contributed by atoms with Crippen LogP contribution in [0.1, 0.15) is 12.8 Å². The Morgan fingerprint density at radius 2 is 2.40 bits per heavy atom. The molecule has 4 nitrogen and oxygen atoms in total. The molecule has 84 valence electrons. The predicted octanol–water partition coefficient (Wildman–Crippen LogP) is 0.153. The molecule has 1 saturated heterocycles. The Bertz CT molecular complexity index is 261. The van der Waals surface area contributed by atoms with Crippen LogP contribution < -0.4 is 5.32 Å². The van der Waals surface area contributed by atoms with Crippen LogP contribution in [-0.4, -0.2) is 49.7 Å². The van der Waals surface area contributed by atoms with E-state index in [0.717, 1.165) is 12.1 Å². The molecule has 0 radical (unpaired) electrons. The number of hydrogen-bond donors (Lipinski definition) is 1. The number of nitrogens with zero attached hydrogens (tertiary/aromatic N) is 1. The maximum atomic E-state index is 11.4. The first-order valence-corrected chi connectivity index (χ1v) is 5.51. The molecular formula is C11H18N2O2. The van der Waals surface area contributed by atoms with Crippen molar-refractivity contribution in [1.82, 2.24) is 10.2 Å². The summed E-state index contributed by atoms with van der Waals surface area (Å²) in [5, 5.41) is 3.39. The van der Waals surface area contributed by atoms with Crippen molar-refractivity contribution in [2.75, 3.05) is 32.8 Å². The van der Waals surface area contributed by atoms with Gasteiger partial charge in [0.2, 0.25) is 5.91 Å². The van der Waals surface area contributed by atoms with Crippen molar-refractivity contribution in [3.63, 3.8) is 0 Å². The molecule has 2 rings (SSSR count). The van der Waals surface area contributed by atoms with Gasteiger partial charge in [-0.05, 0) is 18.4 Å². The van der Waals surface area contributed by atoms with E-state index in [1.807, 2.05) is 4.90 Å². The molecule has 1 amide bonds. The number of ether oxygens (including phenoxy) is 1. The van der Waals surface area contributed by atoms with E-state index in [2.05, 4.69) is 11.9 Å². The fraction of sp³-hybridized carbons (Fsp3) is 0.727. The SMILES string of the molecule is C=C(CNC1CC1)CN1CCOCC1=O. The lowest BCUT2D eigenvalue weighted by molar-refractivity contribution is -0.142. The Kier molecular flexibility index (Phi) is 3.38. The number of nitrogens with one attached hydrogen (secondary N) is 1. The summed E-state index contributed by atoms with van der Waals surface area (Å²) in [7, 11) is 0. The van der Waals surface area contributed by atoms with Gasteiger partial charge in [0.05, 0.1) is 6.61 Å². The molecule has 1 aliphatic carbocycles. The molecule has 2 fully saturated rings. The van der Waals surface area contributed by atoms with Crippen LogP contribution in [0.15, 0.2) is 12.2 Å². The molecule has 1 N–H and O–H groups in total. The molecule has 4 heteroatoms. The lowest BCUT2D eigenvalue weighted by atomic mass is 10.2. The Balaban J connectivity index is 1.69. The maximum absolute atomic E-state index is 11.4. The number of morpholine rings is 1. The van der Waals surface area contributed by atoms with Crippen LogP contribution in [0.5, 0.6) is 0 Å². The van der Waals surface area contributed by atoms with Gasteiger partial charge in [-0.1, -0.05) is 6.58 Å². The topological polar surface area (TPSA) is 41.6 Å². The third-order valence-corrected chi connectivity index (χ3v) is 2.72. The zero-order chi connectivity index (χ0) is 10.7. The second-order valence-corrected chi connectivity index (χ2v) is 4.27. The van der Waals surface area contributed by atoms with Crippen molar-refractivity contribution < 1.29 is 9.53 Å². The first kappa shape index (κ1) is 10.6. The normalized spacial score (nSPS) is 21.9. The molecule has 15 heavy (non-hydrogen) atoms. The fourth-order valence-corrected chi connectivity index (χ4v) is 1.62. The Hall–Kier alpha value is -0.870. The van der Waals surface area contributed by atoms with Gasteiger partial charge >= 0.3 is 0 Å². The number of hydrogen-bond acceptors (Lipinski definition) is 3. The van der Waals surface area contributed by atoms with Gasteiger partial charge in [0.1, 0.15) is 6.61 Å². The van der Waals surface area contributed by atoms with Gasteiger partial charge in [-0.15, -0.1) is 0 Å². The molecule has 2 aliphatic rings. The summed E-state index contributed by atoms with van der Waals surface area (Å²) in [6, 6.07) is 0.696. The minimum absolute atomic E-state index is 0.0776. The maximum Gasteiger partial charge on any atom is 0.248 e. The van der Waals surface area contributed by atoms with Crippen molar-refractivity contribution in [3.05, 3.63) is 12.2 Å². The first-order valence-electron chi connectivity index (χ1n) is 5.51. The van der Waals surface area contributed by atoms with Gasteiger partial charge in [0.15, 0.2) is 0 Å². The molecule has 0 atom stereocenters. The number of carbonyl (C=O) groups is 1. The molecule has 0 aromatic rings. The standard InChI is InChI=1S/C11H18N2O2/c1-9(6-12-10-2-3-10)7-13-4-5-15-8-11(13)14/h10,12H,1-8H2. The Morgan fingerprint density at radius 3 is 3.07 bits per heavy atom. The van der Waals surface area contributed by atoms with Gasteiger partial charge in [-0.25, -0.2) is 0 Å². The van der Waals surface area contributed by atoms with Crippen LogP contribution in [0.2, 0.25) is 0 Å². The van der Waals surface area contributed by atoms with E-state index in [9.17, 15) is 4.79 Å². The van der Waals surface area contributed by atoms with Gasteiger partial charge in [-0.3, -0.25) is 4.79 Å². The lowest BCUT2D eigenvalue weighted by Crippen LogP contribution is -2.43. The monoisotopic (exact) mass is 210 g/mol. The molecule has 0 bridgehead atoms. The largest absolute Gasteiger partial charge is 0.370 e. The van der Waals surface area contributed by atoms with Crippen LogP contribution in [0.4, 0.5) is 0 Å². The average molecular weight is 210 g/mol. The highest BCUT2D eigenvalue weighted by molar-refractivity contribution is 5.78. The van der Waals surface area contributed by atoms with Crippen LogP contribution in [0, 0.1) is 0 Å². The van der Waals surface area contributed by atoms with Gasteiger partial charge < -0.3 is 15.0 Å². The van der Waals surface area contributed by atoms with E-state index in [-0.39, 0.29) is 12.5 Å². The zero-order valence-electron chi connectivity index (χ0n) is 9.00. The summed E-state index contributed by atoms with van der Waals surface area (Å²) in [5.74, 6) is 0.0776. The molecule has 0 aromatic carbocycles. The second-order valence-electron chi connectivity index (χ2n) is 4.27. The van der Waals surface area contributed by atoms with E-state index in [1.165, 1.54) is 12.8 Å². The minimum atomic E-state index is 0.0776.